The molecule has 1 atom stereocenters. The van der Waals surface area contributed by atoms with Crippen LogP contribution in [0, 0.1) is 6.92 Å². The first-order valence-corrected chi connectivity index (χ1v) is 6.96. The second-order valence-electron chi connectivity index (χ2n) is 5.40. The molecule has 2 aliphatic rings. The molecule has 112 valence electrons. The lowest BCUT2D eigenvalue weighted by Gasteiger charge is -2.24. The van der Waals surface area contributed by atoms with Gasteiger partial charge in [0, 0.05) is 17.7 Å². The van der Waals surface area contributed by atoms with Crippen LogP contribution in [0.25, 0.3) is 0 Å². The van der Waals surface area contributed by atoms with E-state index in [9.17, 15) is 9.59 Å². The third-order valence-electron chi connectivity index (χ3n) is 3.91. The molecule has 6 heteroatoms. The van der Waals surface area contributed by atoms with Gasteiger partial charge < -0.3 is 19.2 Å². The predicted molar refractivity (Wildman–Crippen MR) is 76.5 cm³/mol. The van der Waals surface area contributed by atoms with Gasteiger partial charge in [-0.3, -0.25) is 9.59 Å². The number of rotatable bonds is 1. The molecule has 4 rings (SSSR count). The smallest absolute Gasteiger partial charge is 0.312 e. The zero-order valence-corrected chi connectivity index (χ0v) is 11.8. The molecule has 2 aromatic rings. The number of aromatic nitrogens is 1. The molecule has 3 heterocycles. The third-order valence-corrected chi connectivity index (χ3v) is 3.91. The summed E-state index contributed by atoms with van der Waals surface area (Å²) >= 11 is 0. The van der Waals surface area contributed by atoms with Crippen LogP contribution in [-0.4, -0.2) is 17.7 Å². The molecule has 0 spiro atoms. The van der Waals surface area contributed by atoms with Gasteiger partial charge in [0.05, 0.1) is 12.0 Å². The first-order chi connectivity index (χ1) is 10.6. The Balaban J connectivity index is 1.87. The number of esters is 1. The first-order valence-electron chi connectivity index (χ1n) is 6.96. The Hall–Kier alpha value is -2.76. The average Bonchev–Trinajstić information content (AvgIpc) is 2.92. The maximum atomic E-state index is 12.3. The Kier molecular flexibility index (Phi) is 2.72. The van der Waals surface area contributed by atoms with E-state index in [1.807, 2.05) is 12.1 Å². The molecule has 0 bridgehead atoms. The molecule has 1 aromatic heterocycles. The molecular weight excluding hydrogens is 286 g/mol. The Labute approximate surface area is 125 Å². The molecule has 0 amide bonds. The number of carbonyl (C=O) groups excluding carboxylic acids is 1. The van der Waals surface area contributed by atoms with Crippen LogP contribution in [0.3, 0.4) is 0 Å². The number of nitrogens with one attached hydrogen (secondary N) is 1. The number of benzene rings is 1. The lowest BCUT2D eigenvalue weighted by atomic mass is 9.87. The Bertz CT molecular complexity index is 839. The number of hydrogen-bond acceptors (Lipinski definition) is 5. The normalized spacial score (nSPS) is 18.8. The van der Waals surface area contributed by atoms with Crippen LogP contribution < -0.4 is 19.8 Å². The van der Waals surface area contributed by atoms with Gasteiger partial charge in [0.2, 0.25) is 6.79 Å². The molecule has 2 aliphatic heterocycles. The molecule has 6 nitrogen and oxygen atoms in total. The second-order valence-corrected chi connectivity index (χ2v) is 5.40. The lowest BCUT2D eigenvalue weighted by Crippen LogP contribution is -2.28. The summed E-state index contributed by atoms with van der Waals surface area (Å²) in [5.41, 5.74) is 1.73. The number of ether oxygens (including phenoxy) is 3. The van der Waals surface area contributed by atoms with Gasteiger partial charge in [-0.25, -0.2) is 0 Å². The van der Waals surface area contributed by atoms with E-state index in [0.717, 1.165) is 5.56 Å². The van der Waals surface area contributed by atoms with Gasteiger partial charge in [0.15, 0.2) is 11.5 Å². The maximum absolute atomic E-state index is 12.3. The molecule has 0 aliphatic carbocycles. The number of pyridine rings is 1. The minimum absolute atomic E-state index is 0.124. The van der Waals surface area contributed by atoms with Crippen LogP contribution in [0.4, 0.5) is 0 Å². The third kappa shape index (κ3) is 1.95. The van der Waals surface area contributed by atoms with E-state index < -0.39 is 0 Å². The van der Waals surface area contributed by atoms with Crippen molar-refractivity contribution < 1.29 is 19.0 Å². The quantitative estimate of drug-likeness (QED) is 0.813. The van der Waals surface area contributed by atoms with Crippen LogP contribution in [0.15, 0.2) is 29.1 Å². The fourth-order valence-electron chi connectivity index (χ4n) is 2.93. The minimum atomic E-state index is -0.352. The van der Waals surface area contributed by atoms with Gasteiger partial charge in [-0.1, -0.05) is 6.07 Å². The fourth-order valence-corrected chi connectivity index (χ4v) is 2.93. The van der Waals surface area contributed by atoms with Crippen LogP contribution in [0.2, 0.25) is 0 Å². The molecule has 22 heavy (non-hydrogen) atoms. The van der Waals surface area contributed by atoms with Crippen molar-refractivity contribution in [2.24, 2.45) is 0 Å². The Morgan fingerprint density at radius 3 is 2.77 bits per heavy atom. The van der Waals surface area contributed by atoms with Gasteiger partial charge in [-0.2, -0.15) is 0 Å². The Morgan fingerprint density at radius 2 is 1.91 bits per heavy atom. The van der Waals surface area contributed by atoms with Crippen LogP contribution in [0.5, 0.6) is 17.2 Å². The highest BCUT2D eigenvalue weighted by molar-refractivity contribution is 5.77. The summed E-state index contributed by atoms with van der Waals surface area (Å²) in [7, 11) is 0. The molecule has 0 fully saturated rings. The number of carbonyl (C=O) groups is 1. The van der Waals surface area contributed by atoms with E-state index in [2.05, 4.69) is 4.98 Å². The monoisotopic (exact) mass is 299 g/mol. The fraction of sp³-hybridized carbons (Fsp3) is 0.250. The average molecular weight is 299 g/mol. The molecule has 1 N–H and O–H groups in total. The molecule has 0 radical (unpaired) electrons. The summed E-state index contributed by atoms with van der Waals surface area (Å²) in [5, 5.41) is 0. The lowest BCUT2D eigenvalue weighted by molar-refractivity contribution is -0.135. The standard InChI is InChI=1S/C16H13NO5/c1-8-4-13-15(16(19)17-8)10(6-14(18)22-13)9-2-3-11-12(5-9)21-7-20-11/h2-5,10H,6-7H2,1H3,(H,17,19)/t10-/m0/s1. The topological polar surface area (TPSA) is 77.6 Å². The van der Waals surface area contributed by atoms with E-state index >= 15 is 0 Å². The van der Waals surface area contributed by atoms with Crippen molar-refractivity contribution in [3.63, 3.8) is 0 Å². The van der Waals surface area contributed by atoms with Crippen molar-refractivity contribution in [3.8, 4) is 17.2 Å². The van der Waals surface area contributed by atoms with Gasteiger partial charge in [0.25, 0.3) is 5.56 Å². The van der Waals surface area contributed by atoms with E-state index in [1.54, 1.807) is 19.1 Å². The van der Waals surface area contributed by atoms with Crippen molar-refractivity contribution in [3.05, 3.63) is 51.4 Å². The largest absolute Gasteiger partial charge is 0.454 e. The number of H-pyrrole nitrogens is 1. The molecule has 0 saturated heterocycles. The minimum Gasteiger partial charge on any atom is -0.454 e. The van der Waals surface area contributed by atoms with Crippen molar-refractivity contribution in [1.29, 1.82) is 0 Å². The zero-order valence-electron chi connectivity index (χ0n) is 11.8. The summed E-state index contributed by atoms with van der Waals surface area (Å²) in [6, 6.07) is 7.13. The summed E-state index contributed by atoms with van der Waals surface area (Å²) in [5.74, 6) is 0.928. The summed E-state index contributed by atoms with van der Waals surface area (Å²) in [4.78, 5) is 26.9. The van der Waals surface area contributed by atoms with Crippen molar-refractivity contribution in [2.75, 3.05) is 6.79 Å². The van der Waals surface area contributed by atoms with Crippen LogP contribution >= 0.6 is 0 Å². The van der Waals surface area contributed by atoms with Crippen molar-refractivity contribution >= 4 is 5.97 Å². The molecular formula is C16H13NO5. The number of fused-ring (bicyclic) bond motifs is 2. The van der Waals surface area contributed by atoms with Crippen LogP contribution in [0.1, 0.15) is 29.2 Å². The maximum Gasteiger partial charge on any atom is 0.312 e. The van der Waals surface area contributed by atoms with E-state index in [1.165, 1.54) is 0 Å². The zero-order chi connectivity index (χ0) is 15.3. The predicted octanol–water partition coefficient (Wildman–Crippen LogP) is 1.85. The molecule has 0 saturated carbocycles. The van der Waals surface area contributed by atoms with Gasteiger partial charge in [-0.05, 0) is 24.6 Å². The van der Waals surface area contributed by atoms with E-state index in [0.29, 0.717) is 28.5 Å². The SMILES string of the molecule is Cc1cc2c(c(=O)[nH]1)[C@H](c1ccc3c(c1)OCO3)CC(=O)O2. The molecule has 1 aromatic carbocycles. The summed E-state index contributed by atoms with van der Waals surface area (Å²) < 4.78 is 15.9. The number of aryl methyl sites for hydroxylation is 1. The highest BCUT2D eigenvalue weighted by atomic mass is 16.7. The van der Waals surface area contributed by atoms with E-state index in [-0.39, 0.29) is 30.7 Å². The number of aromatic amines is 1. The van der Waals surface area contributed by atoms with Gasteiger partial charge >= 0.3 is 5.97 Å². The highest BCUT2D eigenvalue weighted by Gasteiger charge is 2.32. The first kappa shape index (κ1) is 12.9. The van der Waals surface area contributed by atoms with Gasteiger partial charge in [-0.15, -0.1) is 0 Å². The summed E-state index contributed by atoms with van der Waals surface area (Å²) in [6.07, 6.45) is 0.124. The van der Waals surface area contributed by atoms with E-state index in [4.69, 9.17) is 14.2 Å². The highest BCUT2D eigenvalue weighted by Crippen LogP contribution is 2.40. The van der Waals surface area contributed by atoms with Crippen LogP contribution in [-0.2, 0) is 4.79 Å². The summed E-state index contributed by atoms with van der Waals surface area (Å²) in [6.45, 7) is 1.93. The van der Waals surface area contributed by atoms with Crippen molar-refractivity contribution in [2.45, 2.75) is 19.3 Å². The molecule has 0 unspecified atom stereocenters. The van der Waals surface area contributed by atoms with Crippen molar-refractivity contribution in [1.82, 2.24) is 4.98 Å². The second kappa shape index (κ2) is 4.62. The van der Waals surface area contributed by atoms with Gasteiger partial charge in [0.1, 0.15) is 5.75 Å². The Morgan fingerprint density at radius 1 is 1.09 bits per heavy atom. The number of hydrogen-bond donors (Lipinski definition) is 1.